The Labute approximate surface area is 183 Å². The molecule has 1 saturated heterocycles. The van der Waals surface area contributed by atoms with E-state index in [1.54, 1.807) is 0 Å². The van der Waals surface area contributed by atoms with Gasteiger partial charge in [-0.2, -0.15) is 0 Å². The SMILES string of the molecule is Clc1ccc2c(N3CCN(c4ccnc(CC5CCCCC5)n4)CC3)ccnc2c1. The van der Waals surface area contributed by atoms with E-state index in [2.05, 4.69) is 38.0 Å². The van der Waals surface area contributed by atoms with Crippen LogP contribution in [0, 0.1) is 5.92 Å². The summed E-state index contributed by atoms with van der Waals surface area (Å²) >= 11 is 6.15. The van der Waals surface area contributed by atoms with Crippen LogP contribution in [0.25, 0.3) is 10.9 Å². The fraction of sp³-hybridized carbons (Fsp3) is 0.458. The molecule has 5 rings (SSSR count). The van der Waals surface area contributed by atoms with E-state index in [-0.39, 0.29) is 0 Å². The highest BCUT2D eigenvalue weighted by Gasteiger charge is 2.21. The van der Waals surface area contributed by atoms with Gasteiger partial charge in [-0.15, -0.1) is 0 Å². The molecule has 0 amide bonds. The Hall–Kier alpha value is -2.40. The molecule has 30 heavy (non-hydrogen) atoms. The van der Waals surface area contributed by atoms with Gasteiger partial charge >= 0.3 is 0 Å². The number of hydrogen-bond acceptors (Lipinski definition) is 5. The van der Waals surface area contributed by atoms with Crippen LogP contribution < -0.4 is 9.80 Å². The van der Waals surface area contributed by atoms with Crippen molar-refractivity contribution in [1.82, 2.24) is 15.0 Å². The van der Waals surface area contributed by atoms with Gasteiger partial charge in [-0.1, -0.05) is 43.7 Å². The number of aromatic nitrogens is 3. The highest BCUT2D eigenvalue weighted by Crippen LogP contribution is 2.29. The van der Waals surface area contributed by atoms with Crippen LogP contribution >= 0.6 is 11.6 Å². The summed E-state index contributed by atoms with van der Waals surface area (Å²) in [5.41, 5.74) is 2.18. The molecule has 6 heteroatoms. The standard InChI is InChI=1S/C24H28ClN5/c25-19-6-7-20-21(17-19)26-10-8-22(20)29-12-14-30(15-13-29)24-9-11-27-23(28-24)16-18-4-2-1-3-5-18/h6-11,17-18H,1-5,12-16H2. The topological polar surface area (TPSA) is 45.2 Å². The Morgan fingerprint density at radius 2 is 1.63 bits per heavy atom. The zero-order valence-electron chi connectivity index (χ0n) is 17.3. The zero-order valence-corrected chi connectivity index (χ0v) is 18.1. The van der Waals surface area contributed by atoms with E-state index in [0.717, 1.165) is 66.1 Å². The molecular formula is C24H28ClN5. The third-order valence-corrected chi connectivity index (χ3v) is 6.75. The fourth-order valence-electron chi connectivity index (χ4n) is 4.87. The van der Waals surface area contributed by atoms with Crippen molar-refractivity contribution >= 4 is 34.0 Å². The van der Waals surface area contributed by atoms with Gasteiger partial charge in [0.15, 0.2) is 0 Å². The number of halogens is 1. The summed E-state index contributed by atoms with van der Waals surface area (Å²) in [4.78, 5) is 18.8. The normalized spacial score (nSPS) is 18.2. The predicted octanol–water partition coefficient (Wildman–Crippen LogP) is 5.13. The zero-order chi connectivity index (χ0) is 20.3. The molecule has 2 aliphatic rings. The minimum absolute atomic E-state index is 0.727. The molecule has 5 nitrogen and oxygen atoms in total. The number of anilines is 2. The molecule has 2 fully saturated rings. The van der Waals surface area contributed by atoms with Gasteiger partial charge < -0.3 is 9.80 Å². The van der Waals surface area contributed by atoms with Crippen LogP contribution in [0.4, 0.5) is 11.5 Å². The maximum absolute atomic E-state index is 6.15. The van der Waals surface area contributed by atoms with Crippen molar-refractivity contribution in [2.75, 3.05) is 36.0 Å². The maximum atomic E-state index is 6.15. The van der Waals surface area contributed by atoms with Crippen LogP contribution in [0.3, 0.4) is 0 Å². The fourth-order valence-corrected chi connectivity index (χ4v) is 5.04. The first kappa shape index (κ1) is 19.6. The molecule has 1 saturated carbocycles. The van der Waals surface area contributed by atoms with Gasteiger partial charge in [0.05, 0.1) is 5.52 Å². The van der Waals surface area contributed by atoms with Crippen molar-refractivity contribution < 1.29 is 0 Å². The lowest BCUT2D eigenvalue weighted by Crippen LogP contribution is -2.47. The first-order chi connectivity index (χ1) is 14.8. The lowest BCUT2D eigenvalue weighted by Gasteiger charge is -2.37. The summed E-state index contributed by atoms with van der Waals surface area (Å²) in [7, 11) is 0. The summed E-state index contributed by atoms with van der Waals surface area (Å²) in [6.45, 7) is 3.84. The predicted molar refractivity (Wildman–Crippen MR) is 123 cm³/mol. The van der Waals surface area contributed by atoms with Gasteiger partial charge in [0.1, 0.15) is 11.6 Å². The number of nitrogens with zero attached hydrogens (tertiary/aromatic N) is 5. The molecule has 1 aliphatic carbocycles. The second-order valence-electron chi connectivity index (χ2n) is 8.50. The summed E-state index contributed by atoms with van der Waals surface area (Å²) in [6.07, 6.45) is 11.6. The van der Waals surface area contributed by atoms with Crippen molar-refractivity contribution in [2.45, 2.75) is 38.5 Å². The van der Waals surface area contributed by atoms with E-state index in [4.69, 9.17) is 16.6 Å². The first-order valence-electron chi connectivity index (χ1n) is 11.1. The van der Waals surface area contributed by atoms with E-state index in [0.29, 0.717) is 0 Å². The largest absolute Gasteiger partial charge is 0.367 e. The number of fused-ring (bicyclic) bond motifs is 1. The van der Waals surface area contributed by atoms with Crippen molar-refractivity contribution in [3.05, 3.63) is 53.6 Å². The van der Waals surface area contributed by atoms with E-state index in [1.165, 1.54) is 37.8 Å². The van der Waals surface area contributed by atoms with Gasteiger partial charge in [-0.25, -0.2) is 9.97 Å². The molecule has 1 aromatic carbocycles. The Morgan fingerprint density at radius 1 is 0.867 bits per heavy atom. The second-order valence-corrected chi connectivity index (χ2v) is 8.94. The smallest absolute Gasteiger partial charge is 0.132 e. The summed E-state index contributed by atoms with van der Waals surface area (Å²) in [6, 6.07) is 10.1. The van der Waals surface area contributed by atoms with Gasteiger partial charge in [0.2, 0.25) is 0 Å². The number of hydrogen-bond donors (Lipinski definition) is 0. The number of piperazine rings is 1. The van der Waals surface area contributed by atoms with E-state index in [1.807, 2.05) is 24.5 Å². The Bertz CT molecular complexity index is 1010. The molecular weight excluding hydrogens is 394 g/mol. The molecule has 0 unspecified atom stereocenters. The molecule has 0 bridgehead atoms. The maximum Gasteiger partial charge on any atom is 0.132 e. The van der Waals surface area contributed by atoms with Crippen LogP contribution in [0.15, 0.2) is 42.7 Å². The molecule has 1 aliphatic heterocycles. The number of pyridine rings is 1. The quantitative estimate of drug-likeness (QED) is 0.584. The molecule has 3 aromatic rings. The van der Waals surface area contributed by atoms with Crippen LogP contribution in [0.2, 0.25) is 5.02 Å². The van der Waals surface area contributed by atoms with Crippen LogP contribution in [-0.2, 0) is 6.42 Å². The summed E-state index contributed by atoms with van der Waals surface area (Å²) in [5.74, 6) is 2.85. The molecule has 0 radical (unpaired) electrons. The molecule has 0 spiro atoms. The first-order valence-corrected chi connectivity index (χ1v) is 11.5. The third-order valence-electron chi connectivity index (χ3n) is 6.51. The monoisotopic (exact) mass is 421 g/mol. The van der Waals surface area contributed by atoms with Crippen molar-refractivity contribution in [3.8, 4) is 0 Å². The Morgan fingerprint density at radius 3 is 2.47 bits per heavy atom. The second kappa shape index (κ2) is 8.76. The van der Waals surface area contributed by atoms with Gasteiger partial charge in [-0.05, 0) is 36.2 Å². The van der Waals surface area contributed by atoms with Crippen molar-refractivity contribution in [3.63, 3.8) is 0 Å². The van der Waals surface area contributed by atoms with Gasteiger partial charge in [0, 0.05) is 61.1 Å². The van der Waals surface area contributed by atoms with E-state index < -0.39 is 0 Å². The van der Waals surface area contributed by atoms with Crippen LogP contribution in [0.1, 0.15) is 37.9 Å². The Kier molecular flexibility index (Phi) is 5.71. The van der Waals surface area contributed by atoms with Crippen LogP contribution in [0.5, 0.6) is 0 Å². The van der Waals surface area contributed by atoms with Crippen LogP contribution in [-0.4, -0.2) is 41.1 Å². The summed E-state index contributed by atoms with van der Waals surface area (Å²) < 4.78 is 0. The van der Waals surface area contributed by atoms with E-state index in [9.17, 15) is 0 Å². The molecule has 2 aromatic heterocycles. The average Bonchev–Trinajstić information content (AvgIpc) is 2.79. The Balaban J connectivity index is 1.27. The van der Waals surface area contributed by atoms with Gasteiger partial charge in [-0.3, -0.25) is 4.98 Å². The number of benzene rings is 1. The average molecular weight is 422 g/mol. The minimum atomic E-state index is 0.727. The lowest BCUT2D eigenvalue weighted by atomic mass is 9.87. The lowest BCUT2D eigenvalue weighted by molar-refractivity contribution is 0.351. The third kappa shape index (κ3) is 4.22. The molecule has 0 atom stereocenters. The minimum Gasteiger partial charge on any atom is -0.367 e. The molecule has 0 N–H and O–H groups in total. The van der Waals surface area contributed by atoms with E-state index >= 15 is 0 Å². The van der Waals surface area contributed by atoms with Gasteiger partial charge in [0.25, 0.3) is 0 Å². The number of rotatable bonds is 4. The molecule has 156 valence electrons. The summed E-state index contributed by atoms with van der Waals surface area (Å²) in [5, 5.41) is 1.89. The highest BCUT2D eigenvalue weighted by atomic mass is 35.5. The highest BCUT2D eigenvalue weighted by molar-refractivity contribution is 6.31. The molecule has 3 heterocycles. The van der Waals surface area contributed by atoms with Crippen molar-refractivity contribution in [1.29, 1.82) is 0 Å². The van der Waals surface area contributed by atoms with Crippen molar-refractivity contribution in [2.24, 2.45) is 5.92 Å².